The summed E-state index contributed by atoms with van der Waals surface area (Å²) in [6.45, 7) is 11.0. The molecule has 0 aromatic carbocycles. The maximum absolute atomic E-state index is 4.71. The zero-order chi connectivity index (χ0) is 12.4. The lowest BCUT2D eigenvalue weighted by atomic mass is 10.1. The van der Waals surface area contributed by atoms with E-state index in [2.05, 4.69) is 49.8 Å². The van der Waals surface area contributed by atoms with Gasteiger partial charge in [0.15, 0.2) is 0 Å². The van der Waals surface area contributed by atoms with E-state index in [0.717, 1.165) is 26.2 Å². The van der Waals surface area contributed by atoms with Crippen molar-refractivity contribution in [3.05, 3.63) is 23.5 Å². The van der Waals surface area contributed by atoms with Gasteiger partial charge in [0.1, 0.15) is 0 Å². The van der Waals surface area contributed by atoms with Gasteiger partial charge in [0.25, 0.3) is 0 Å². The van der Waals surface area contributed by atoms with Gasteiger partial charge in [-0.2, -0.15) is 0 Å². The predicted molar refractivity (Wildman–Crippen MR) is 72.8 cm³/mol. The van der Waals surface area contributed by atoms with Crippen LogP contribution in [-0.4, -0.2) is 43.1 Å². The molecular formula is C14H23N3. The summed E-state index contributed by atoms with van der Waals surface area (Å²) >= 11 is 0. The summed E-state index contributed by atoms with van der Waals surface area (Å²) in [5.41, 5.74) is 3.67. The topological polar surface area (TPSA) is 19.4 Å². The molecule has 3 nitrogen and oxygen atoms in total. The Kier molecular flexibility index (Phi) is 3.67. The second-order valence-electron chi connectivity index (χ2n) is 5.29. The lowest BCUT2D eigenvalue weighted by molar-refractivity contribution is 0.312. The molecule has 0 amide bonds. The number of likely N-dealkylation sites (N-methyl/N-ethyl adjacent to an activating group) is 1. The average molecular weight is 233 g/mol. The summed E-state index contributed by atoms with van der Waals surface area (Å²) in [5.74, 6) is 0.509. The molecule has 94 valence electrons. The fourth-order valence-corrected chi connectivity index (χ4v) is 2.28. The fraction of sp³-hybridized carbons (Fsp3) is 0.643. The van der Waals surface area contributed by atoms with Gasteiger partial charge in [-0.3, -0.25) is 4.98 Å². The summed E-state index contributed by atoms with van der Waals surface area (Å²) < 4.78 is 0. The van der Waals surface area contributed by atoms with Crippen LogP contribution in [0.25, 0.3) is 0 Å². The van der Waals surface area contributed by atoms with Gasteiger partial charge in [0, 0.05) is 31.9 Å². The van der Waals surface area contributed by atoms with E-state index in [4.69, 9.17) is 4.98 Å². The van der Waals surface area contributed by atoms with Crippen molar-refractivity contribution in [2.45, 2.75) is 26.7 Å². The van der Waals surface area contributed by atoms with E-state index in [1.54, 1.807) is 0 Å². The number of rotatable bonds is 2. The van der Waals surface area contributed by atoms with Crippen molar-refractivity contribution < 1.29 is 0 Å². The molecule has 0 spiro atoms. The average Bonchev–Trinajstić information content (AvgIpc) is 2.30. The summed E-state index contributed by atoms with van der Waals surface area (Å²) in [6.07, 6.45) is 0. The third kappa shape index (κ3) is 2.78. The molecule has 0 N–H and O–H groups in total. The minimum Gasteiger partial charge on any atom is -0.368 e. The molecule has 3 heteroatoms. The molecule has 1 aromatic rings. The Morgan fingerprint density at radius 2 is 1.76 bits per heavy atom. The van der Waals surface area contributed by atoms with Crippen LogP contribution in [0.4, 0.5) is 5.69 Å². The van der Waals surface area contributed by atoms with E-state index in [1.807, 2.05) is 0 Å². The molecule has 2 rings (SSSR count). The van der Waals surface area contributed by atoms with Crippen LogP contribution in [0.3, 0.4) is 0 Å². The molecule has 0 aliphatic carbocycles. The molecular weight excluding hydrogens is 210 g/mol. The van der Waals surface area contributed by atoms with Gasteiger partial charge < -0.3 is 9.80 Å². The molecule has 1 fully saturated rings. The Morgan fingerprint density at radius 1 is 1.12 bits per heavy atom. The first-order valence-corrected chi connectivity index (χ1v) is 6.49. The molecule has 17 heavy (non-hydrogen) atoms. The van der Waals surface area contributed by atoms with E-state index in [-0.39, 0.29) is 0 Å². The number of aromatic nitrogens is 1. The third-order valence-electron chi connectivity index (χ3n) is 3.51. The highest BCUT2D eigenvalue weighted by Crippen LogP contribution is 2.22. The van der Waals surface area contributed by atoms with Crippen LogP contribution in [0.1, 0.15) is 31.2 Å². The molecule has 1 aromatic heterocycles. The second kappa shape index (κ2) is 5.05. The summed E-state index contributed by atoms with van der Waals surface area (Å²) in [4.78, 5) is 9.54. The normalized spacial score (nSPS) is 17.8. The van der Waals surface area contributed by atoms with Crippen molar-refractivity contribution in [3.8, 4) is 0 Å². The van der Waals surface area contributed by atoms with Crippen LogP contribution >= 0.6 is 0 Å². The van der Waals surface area contributed by atoms with Crippen LogP contribution < -0.4 is 4.90 Å². The van der Waals surface area contributed by atoms with Crippen molar-refractivity contribution in [3.63, 3.8) is 0 Å². The number of anilines is 1. The van der Waals surface area contributed by atoms with Gasteiger partial charge >= 0.3 is 0 Å². The first kappa shape index (κ1) is 12.4. The van der Waals surface area contributed by atoms with Crippen molar-refractivity contribution in [1.82, 2.24) is 9.88 Å². The van der Waals surface area contributed by atoms with Crippen LogP contribution in [0.15, 0.2) is 12.1 Å². The Hall–Kier alpha value is -1.09. The van der Waals surface area contributed by atoms with E-state index >= 15 is 0 Å². The second-order valence-corrected chi connectivity index (χ2v) is 5.29. The minimum atomic E-state index is 0.509. The highest BCUT2D eigenvalue weighted by Gasteiger charge is 2.16. The molecule has 0 atom stereocenters. The standard InChI is InChI=1S/C14H23N3/c1-11(2)13-5-6-14(12(3)15-13)17-9-7-16(4)8-10-17/h5-6,11H,7-10H2,1-4H3. The van der Waals surface area contributed by atoms with E-state index < -0.39 is 0 Å². The SMILES string of the molecule is Cc1nc(C(C)C)ccc1N1CCN(C)CC1. The molecule has 1 aliphatic heterocycles. The highest BCUT2D eigenvalue weighted by molar-refractivity contribution is 5.51. The number of piperazine rings is 1. The van der Waals surface area contributed by atoms with Crippen LogP contribution in [0, 0.1) is 6.92 Å². The number of aryl methyl sites for hydroxylation is 1. The van der Waals surface area contributed by atoms with Gasteiger partial charge in [-0.25, -0.2) is 0 Å². The quantitative estimate of drug-likeness (QED) is 0.781. The molecule has 0 radical (unpaired) electrons. The van der Waals surface area contributed by atoms with Crippen LogP contribution in [-0.2, 0) is 0 Å². The minimum absolute atomic E-state index is 0.509. The molecule has 1 saturated heterocycles. The lowest BCUT2D eigenvalue weighted by Gasteiger charge is -2.34. The fourth-order valence-electron chi connectivity index (χ4n) is 2.28. The Morgan fingerprint density at radius 3 is 2.29 bits per heavy atom. The monoisotopic (exact) mass is 233 g/mol. The molecule has 1 aliphatic rings. The first-order valence-electron chi connectivity index (χ1n) is 6.49. The Labute approximate surface area is 104 Å². The maximum atomic E-state index is 4.71. The Balaban J connectivity index is 2.16. The highest BCUT2D eigenvalue weighted by atomic mass is 15.2. The van der Waals surface area contributed by atoms with Gasteiger partial charge in [0.05, 0.1) is 11.4 Å². The molecule has 0 saturated carbocycles. The maximum Gasteiger partial charge on any atom is 0.0609 e. The number of hydrogen-bond acceptors (Lipinski definition) is 3. The zero-order valence-corrected chi connectivity index (χ0v) is 11.4. The van der Waals surface area contributed by atoms with E-state index in [0.29, 0.717) is 5.92 Å². The van der Waals surface area contributed by atoms with Gasteiger partial charge in [-0.05, 0) is 32.0 Å². The number of hydrogen-bond donors (Lipinski definition) is 0. The van der Waals surface area contributed by atoms with E-state index in [1.165, 1.54) is 17.1 Å². The summed E-state index contributed by atoms with van der Waals surface area (Å²) in [5, 5.41) is 0. The number of pyridine rings is 1. The molecule has 2 heterocycles. The van der Waals surface area contributed by atoms with Crippen LogP contribution in [0.2, 0.25) is 0 Å². The number of nitrogens with zero attached hydrogens (tertiary/aromatic N) is 3. The lowest BCUT2D eigenvalue weighted by Crippen LogP contribution is -2.44. The van der Waals surface area contributed by atoms with Crippen molar-refractivity contribution in [1.29, 1.82) is 0 Å². The predicted octanol–water partition coefficient (Wildman–Crippen LogP) is 2.27. The molecule has 0 unspecified atom stereocenters. The van der Waals surface area contributed by atoms with Crippen LogP contribution in [0.5, 0.6) is 0 Å². The Bertz CT molecular complexity index is 379. The van der Waals surface area contributed by atoms with Gasteiger partial charge in [-0.15, -0.1) is 0 Å². The van der Waals surface area contributed by atoms with Crippen molar-refractivity contribution in [2.24, 2.45) is 0 Å². The van der Waals surface area contributed by atoms with Crippen molar-refractivity contribution >= 4 is 5.69 Å². The van der Waals surface area contributed by atoms with Crippen molar-refractivity contribution in [2.75, 3.05) is 38.1 Å². The summed E-state index contributed by atoms with van der Waals surface area (Å²) in [7, 11) is 2.18. The smallest absolute Gasteiger partial charge is 0.0609 e. The van der Waals surface area contributed by atoms with E-state index in [9.17, 15) is 0 Å². The first-order chi connectivity index (χ1) is 8.08. The zero-order valence-electron chi connectivity index (χ0n) is 11.4. The molecule has 0 bridgehead atoms. The summed E-state index contributed by atoms with van der Waals surface area (Å²) in [6, 6.07) is 4.41. The third-order valence-corrected chi connectivity index (χ3v) is 3.51. The van der Waals surface area contributed by atoms with Gasteiger partial charge in [-0.1, -0.05) is 13.8 Å². The largest absolute Gasteiger partial charge is 0.368 e. The van der Waals surface area contributed by atoms with Gasteiger partial charge in [0.2, 0.25) is 0 Å².